The molecule has 1 aromatic carbocycles. The van der Waals surface area contributed by atoms with Crippen molar-refractivity contribution in [3.8, 4) is 0 Å². The van der Waals surface area contributed by atoms with E-state index in [0.29, 0.717) is 24.2 Å². The van der Waals surface area contributed by atoms with Gasteiger partial charge in [-0.15, -0.1) is 0 Å². The first-order chi connectivity index (χ1) is 9.97. The standard InChI is InChI=1S/C15H19N3O2S/c1-18(10-7-13-5-8-17-9-6-13)21(19,20)12-14-3-2-4-15(16)11-14/h2-6,8-9,11H,7,10,12,16H2,1H3. The highest BCUT2D eigenvalue weighted by molar-refractivity contribution is 7.88. The van der Waals surface area contributed by atoms with E-state index in [0.717, 1.165) is 5.56 Å². The number of nitrogen functional groups attached to an aromatic ring is 1. The molecule has 0 radical (unpaired) electrons. The van der Waals surface area contributed by atoms with E-state index >= 15 is 0 Å². The summed E-state index contributed by atoms with van der Waals surface area (Å²) in [5, 5.41) is 0. The predicted molar refractivity (Wildman–Crippen MR) is 84.0 cm³/mol. The molecule has 0 spiro atoms. The van der Waals surface area contributed by atoms with Crippen LogP contribution in [-0.2, 0) is 22.2 Å². The third-order valence-electron chi connectivity index (χ3n) is 3.24. The lowest BCUT2D eigenvalue weighted by Gasteiger charge is -2.17. The van der Waals surface area contributed by atoms with Crippen molar-refractivity contribution in [3.05, 3.63) is 59.9 Å². The van der Waals surface area contributed by atoms with Gasteiger partial charge in [-0.05, 0) is 41.8 Å². The lowest BCUT2D eigenvalue weighted by atomic mass is 10.2. The van der Waals surface area contributed by atoms with Crippen LogP contribution in [-0.4, -0.2) is 31.3 Å². The smallest absolute Gasteiger partial charge is 0.218 e. The van der Waals surface area contributed by atoms with Crippen molar-refractivity contribution in [2.45, 2.75) is 12.2 Å². The van der Waals surface area contributed by atoms with Crippen LogP contribution in [0.3, 0.4) is 0 Å². The van der Waals surface area contributed by atoms with Crippen LogP contribution in [0.25, 0.3) is 0 Å². The van der Waals surface area contributed by atoms with Gasteiger partial charge in [-0.1, -0.05) is 12.1 Å². The number of nitrogens with two attached hydrogens (primary N) is 1. The summed E-state index contributed by atoms with van der Waals surface area (Å²) in [5.74, 6) is -0.0368. The minimum atomic E-state index is -3.34. The fourth-order valence-electron chi connectivity index (χ4n) is 1.98. The van der Waals surface area contributed by atoms with Gasteiger partial charge < -0.3 is 5.73 Å². The molecule has 1 heterocycles. The average molecular weight is 305 g/mol. The Kier molecular flexibility index (Phi) is 4.93. The largest absolute Gasteiger partial charge is 0.399 e. The van der Waals surface area contributed by atoms with Gasteiger partial charge in [0, 0.05) is 31.7 Å². The molecule has 1 aromatic heterocycles. The molecule has 0 saturated heterocycles. The van der Waals surface area contributed by atoms with Gasteiger partial charge in [0.1, 0.15) is 0 Å². The zero-order valence-corrected chi connectivity index (χ0v) is 12.8. The fraction of sp³-hybridized carbons (Fsp3) is 0.267. The first-order valence-corrected chi connectivity index (χ1v) is 8.25. The lowest BCUT2D eigenvalue weighted by molar-refractivity contribution is 0.471. The van der Waals surface area contributed by atoms with Gasteiger partial charge in [0.15, 0.2) is 0 Å². The van der Waals surface area contributed by atoms with E-state index in [9.17, 15) is 8.42 Å². The molecular formula is C15H19N3O2S. The van der Waals surface area contributed by atoms with Crippen molar-refractivity contribution < 1.29 is 8.42 Å². The van der Waals surface area contributed by atoms with Crippen LogP contribution in [0, 0.1) is 0 Å². The Balaban J connectivity index is 1.98. The number of sulfonamides is 1. The second-order valence-electron chi connectivity index (χ2n) is 4.93. The van der Waals surface area contributed by atoms with E-state index in [2.05, 4.69) is 4.98 Å². The van der Waals surface area contributed by atoms with Crippen LogP contribution in [0.4, 0.5) is 5.69 Å². The van der Waals surface area contributed by atoms with Gasteiger partial charge in [-0.2, -0.15) is 0 Å². The van der Waals surface area contributed by atoms with E-state index < -0.39 is 10.0 Å². The first kappa shape index (κ1) is 15.5. The number of anilines is 1. The minimum absolute atomic E-state index is 0.0368. The number of aromatic nitrogens is 1. The summed E-state index contributed by atoms with van der Waals surface area (Å²) in [6, 6.07) is 10.7. The first-order valence-electron chi connectivity index (χ1n) is 6.65. The summed E-state index contributed by atoms with van der Waals surface area (Å²) in [7, 11) is -1.74. The summed E-state index contributed by atoms with van der Waals surface area (Å²) in [6.45, 7) is 0.439. The maximum Gasteiger partial charge on any atom is 0.218 e. The fourth-order valence-corrected chi connectivity index (χ4v) is 3.17. The molecule has 0 aliphatic rings. The molecule has 6 heteroatoms. The molecule has 2 rings (SSSR count). The third-order valence-corrected chi connectivity index (χ3v) is 5.07. The highest BCUT2D eigenvalue weighted by Crippen LogP contribution is 2.13. The average Bonchev–Trinajstić information content (AvgIpc) is 2.45. The molecule has 0 saturated carbocycles. The Morgan fingerprint density at radius 3 is 2.52 bits per heavy atom. The molecule has 0 aliphatic heterocycles. The minimum Gasteiger partial charge on any atom is -0.399 e. The van der Waals surface area contributed by atoms with Crippen LogP contribution in [0.15, 0.2) is 48.8 Å². The molecule has 0 unspecified atom stereocenters. The van der Waals surface area contributed by atoms with Crippen molar-refractivity contribution in [3.63, 3.8) is 0 Å². The number of rotatable bonds is 6. The maximum atomic E-state index is 12.3. The molecule has 0 fully saturated rings. The van der Waals surface area contributed by atoms with Crippen LogP contribution >= 0.6 is 0 Å². The molecule has 0 bridgehead atoms. The summed E-state index contributed by atoms with van der Waals surface area (Å²) >= 11 is 0. The molecule has 0 atom stereocenters. The SMILES string of the molecule is CN(CCc1ccncc1)S(=O)(=O)Cc1cccc(N)c1. The van der Waals surface area contributed by atoms with Crippen LogP contribution in [0.5, 0.6) is 0 Å². The number of nitrogens with zero attached hydrogens (tertiary/aromatic N) is 2. The Hall–Kier alpha value is -1.92. The highest BCUT2D eigenvalue weighted by Gasteiger charge is 2.18. The number of benzene rings is 1. The van der Waals surface area contributed by atoms with E-state index in [4.69, 9.17) is 5.73 Å². The van der Waals surface area contributed by atoms with Gasteiger partial charge >= 0.3 is 0 Å². The normalized spacial score (nSPS) is 11.7. The molecule has 0 aliphatic carbocycles. The van der Waals surface area contributed by atoms with Crippen molar-refractivity contribution in [2.75, 3.05) is 19.3 Å². The molecular weight excluding hydrogens is 286 g/mol. The van der Waals surface area contributed by atoms with Crippen molar-refractivity contribution in [1.82, 2.24) is 9.29 Å². The Morgan fingerprint density at radius 2 is 1.86 bits per heavy atom. The molecule has 112 valence electrons. The van der Waals surface area contributed by atoms with Gasteiger partial charge in [0.25, 0.3) is 0 Å². The zero-order chi connectivity index (χ0) is 15.3. The lowest BCUT2D eigenvalue weighted by Crippen LogP contribution is -2.30. The van der Waals surface area contributed by atoms with Gasteiger partial charge in [-0.3, -0.25) is 4.98 Å². The molecule has 21 heavy (non-hydrogen) atoms. The van der Waals surface area contributed by atoms with Crippen molar-refractivity contribution in [2.24, 2.45) is 0 Å². The summed E-state index contributed by atoms with van der Waals surface area (Å²) in [5.41, 5.74) is 8.01. The number of hydrogen-bond acceptors (Lipinski definition) is 4. The van der Waals surface area contributed by atoms with Crippen LogP contribution in [0.2, 0.25) is 0 Å². The Labute approximate surface area is 125 Å². The zero-order valence-electron chi connectivity index (χ0n) is 11.9. The second-order valence-corrected chi connectivity index (χ2v) is 7.00. The van der Waals surface area contributed by atoms with Crippen molar-refractivity contribution >= 4 is 15.7 Å². The van der Waals surface area contributed by atoms with Gasteiger partial charge in [-0.25, -0.2) is 12.7 Å². The Morgan fingerprint density at radius 1 is 1.14 bits per heavy atom. The highest BCUT2D eigenvalue weighted by atomic mass is 32.2. The second kappa shape index (κ2) is 6.69. The third kappa shape index (κ3) is 4.54. The van der Waals surface area contributed by atoms with Gasteiger partial charge in [0.05, 0.1) is 5.75 Å². The number of hydrogen-bond donors (Lipinski definition) is 1. The number of pyridine rings is 1. The summed E-state index contributed by atoms with van der Waals surface area (Å²) in [4.78, 5) is 3.94. The topological polar surface area (TPSA) is 76.3 Å². The number of likely N-dealkylation sites (N-methyl/N-ethyl adjacent to an activating group) is 1. The summed E-state index contributed by atoms with van der Waals surface area (Å²) < 4.78 is 26.0. The van der Waals surface area contributed by atoms with E-state index in [1.807, 2.05) is 12.1 Å². The predicted octanol–water partition coefficient (Wildman–Crippen LogP) is 1.67. The molecule has 5 nitrogen and oxygen atoms in total. The maximum absolute atomic E-state index is 12.3. The van der Waals surface area contributed by atoms with Gasteiger partial charge in [0.2, 0.25) is 10.0 Å². The van der Waals surface area contributed by atoms with E-state index in [-0.39, 0.29) is 5.75 Å². The van der Waals surface area contributed by atoms with Crippen molar-refractivity contribution in [1.29, 1.82) is 0 Å². The van der Waals surface area contributed by atoms with Crippen LogP contribution < -0.4 is 5.73 Å². The van der Waals surface area contributed by atoms with Crippen LogP contribution in [0.1, 0.15) is 11.1 Å². The molecule has 2 N–H and O–H groups in total. The van der Waals surface area contributed by atoms with E-state index in [1.54, 1.807) is 43.7 Å². The quantitative estimate of drug-likeness (QED) is 0.824. The van der Waals surface area contributed by atoms with E-state index in [1.165, 1.54) is 4.31 Å². The molecule has 0 amide bonds. The Bertz CT molecular complexity index is 687. The summed E-state index contributed by atoms with van der Waals surface area (Å²) in [6.07, 6.45) is 4.07. The monoisotopic (exact) mass is 305 g/mol. The molecule has 2 aromatic rings.